The zero-order valence-electron chi connectivity index (χ0n) is 5.83. The molecule has 0 aromatic carbocycles. The molecule has 0 radical (unpaired) electrons. The van der Waals surface area contributed by atoms with Crippen molar-refractivity contribution >= 4 is 31.3 Å². The molecule has 11 heavy (non-hydrogen) atoms. The summed E-state index contributed by atoms with van der Waals surface area (Å²) >= 11 is 1.60. The largest absolute Gasteiger partial charge is 0.298 e. The van der Waals surface area contributed by atoms with Crippen LogP contribution in [-0.2, 0) is 4.57 Å². The SMILES string of the molecule is O=PC1CCC(N(F)I)NC1. The molecular weight excluding hydrogens is 281 g/mol. The van der Waals surface area contributed by atoms with Gasteiger partial charge in [0.2, 0.25) is 0 Å². The van der Waals surface area contributed by atoms with Gasteiger partial charge < -0.3 is 0 Å². The Labute approximate surface area is 80.3 Å². The van der Waals surface area contributed by atoms with Crippen molar-refractivity contribution in [2.24, 2.45) is 0 Å². The second-order valence-corrected chi connectivity index (χ2v) is 4.38. The van der Waals surface area contributed by atoms with Gasteiger partial charge in [-0.2, -0.15) is 0 Å². The minimum absolute atomic E-state index is 0.169. The summed E-state index contributed by atoms with van der Waals surface area (Å²) in [6.07, 6.45) is 1.35. The number of hydrogen-bond donors (Lipinski definition) is 1. The van der Waals surface area contributed by atoms with Crippen LogP contribution in [0.3, 0.4) is 0 Å². The molecule has 1 heterocycles. The van der Waals surface area contributed by atoms with E-state index in [4.69, 9.17) is 0 Å². The normalized spacial score (nSPS) is 33.0. The van der Waals surface area contributed by atoms with E-state index in [9.17, 15) is 9.05 Å². The molecule has 1 N–H and O–H groups in total. The Morgan fingerprint density at radius 2 is 2.36 bits per heavy atom. The van der Waals surface area contributed by atoms with Crippen molar-refractivity contribution in [2.45, 2.75) is 24.7 Å². The van der Waals surface area contributed by atoms with Crippen LogP contribution in [0, 0.1) is 0 Å². The van der Waals surface area contributed by atoms with Crippen LogP contribution in [0.1, 0.15) is 12.8 Å². The first-order valence-corrected chi connectivity index (χ1v) is 5.25. The molecule has 0 aliphatic carbocycles. The van der Waals surface area contributed by atoms with Crippen molar-refractivity contribution in [2.75, 3.05) is 6.54 Å². The van der Waals surface area contributed by atoms with Crippen molar-refractivity contribution in [1.29, 1.82) is 0 Å². The summed E-state index contributed by atoms with van der Waals surface area (Å²) in [5.74, 6) is 0. The van der Waals surface area contributed by atoms with E-state index in [0.29, 0.717) is 9.88 Å². The van der Waals surface area contributed by atoms with Gasteiger partial charge in [0, 0.05) is 6.54 Å². The predicted octanol–water partition coefficient (Wildman–Crippen LogP) is 1.89. The fourth-order valence-corrected chi connectivity index (χ4v) is 1.99. The molecule has 1 saturated heterocycles. The molecule has 2 atom stereocenters. The Morgan fingerprint density at radius 1 is 1.64 bits per heavy atom. The number of nitrogens with one attached hydrogen (secondary N) is 1. The maximum atomic E-state index is 12.5. The number of nitrogens with zero attached hydrogens (tertiary/aromatic N) is 1. The first-order chi connectivity index (χ1) is 5.24. The van der Waals surface area contributed by atoms with E-state index < -0.39 is 0 Å². The van der Waals surface area contributed by atoms with Crippen LogP contribution >= 0.6 is 31.3 Å². The smallest absolute Gasteiger partial charge is 0.159 e. The van der Waals surface area contributed by atoms with E-state index in [2.05, 4.69) is 5.32 Å². The summed E-state index contributed by atoms with van der Waals surface area (Å²) in [5.41, 5.74) is 0.169. The van der Waals surface area contributed by atoms with Gasteiger partial charge in [0.25, 0.3) is 0 Å². The summed E-state index contributed by atoms with van der Waals surface area (Å²) in [6.45, 7) is 0.638. The van der Waals surface area contributed by atoms with E-state index in [1.807, 2.05) is 0 Å². The Bertz CT molecular complexity index is 140. The van der Waals surface area contributed by atoms with Crippen LogP contribution < -0.4 is 5.32 Å². The highest BCUT2D eigenvalue weighted by Gasteiger charge is 2.24. The number of halogens is 2. The predicted molar refractivity (Wildman–Crippen MR) is 49.4 cm³/mol. The van der Waals surface area contributed by atoms with E-state index in [1.54, 1.807) is 22.9 Å². The molecule has 0 bridgehead atoms. The fraction of sp³-hybridized carbons (Fsp3) is 1.00. The molecular formula is C5H9FIN2OP. The maximum Gasteiger partial charge on any atom is 0.159 e. The van der Waals surface area contributed by atoms with Gasteiger partial charge in [-0.1, -0.05) is 3.34 Å². The molecule has 1 aliphatic rings. The summed E-state index contributed by atoms with van der Waals surface area (Å²) in [5, 5.41) is 2.96. The molecule has 2 unspecified atom stereocenters. The molecule has 0 amide bonds. The third kappa shape index (κ3) is 2.89. The van der Waals surface area contributed by atoms with Gasteiger partial charge in [0.05, 0.1) is 28.5 Å². The third-order valence-electron chi connectivity index (χ3n) is 1.75. The number of rotatable bonds is 2. The van der Waals surface area contributed by atoms with Gasteiger partial charge in [-0.25, -0.2) is 0 Å². The Balaban J connectivity index is 2.29. The van der Waals surface area contributed by atoms with Crippen molar-refractivity contribution in [3.05, 3.63) is 0 Å². The van der Waals surface area contributed by atoms with Crippen LogP contribution in [0.4, 0.5) is 4.48 Å². The van der Waals surface area contributed by atoms with Gasteiger partial charge in [0.15, 0.2) is 8.46 Å². The highest BCUT2D eigenvalue weighted by molar-refractivity contribution is 14.1. The highest BCUT2D eigenvalue weighted by Crippen LogP contribution is 2.21. The number of hydrogen-bond acceptors (Lipinski definition) is 3. The zero-order chi connectivity index (χ0) is 8.27. The summed E-state index contributed by atoms with van der Waals surface area (Å²) in [4.78, 5) is 0. The second-order valence-electron chi connectivity index (χ2n) is 2.52. The van der Waals surface area contributed by atoms with Gasteiger partial charge in [-0.3, -0.25) is 9.88 Å². The van der Waals surface area contributed by atoms with E-state index in [0.717, 1.165) is 12.8 Å². The van der Waals surface area contributed by atoms with Crippen LogP contribution in [0.5, 0.6) is 0 Å². The van der Waals surface area contributed by atoms with Crippen molar-refractivity contribution in [1.82, 2.24) is 8.65 Å². The third-order valence-corrected chi connectivity index (χ3v) is 3.16. The van der Waals surface area contributed by atoms with Crippen LogP contribution in [0.2, 0.25) is 0 Å². The Kier molecular flexibility index (Phi) is 4.12. The molecule has 1 aliphatic heterocycles. The molecule has 0 saturated carbocycles. The molecule has 1 fully saturated rings. The van der Waals surface area contributed by atoms with E-state index >= 15 is 0 Å². The van der Waals surface area contributed by atoms with Crippen LogP contribution in [0.15, 0.2) is 0 Å². The summed E-state index contributed by atoms with van der Waals surface area (Å²) in [6, 6.07) is 0. The zero-order valence-corrected chi connectivity index (χ0v) is 8.89. The maximum absolute atomic E-state index is 12.5. The summed E-state index contributed by atoms with van der Waals surface area (Å²) in [7, 11) is 0.169. The quantitative estimate of drug-likeness (QED) is 0.479. The fourth-order valence-electron chi connectivity index (χ4n) is 1.08. The van der Waals surface area contributed by atoms with Crippen molar-refractivity contribution in [3.8, 4) is 0 Å². The Morgan fingerprint density at radius 3 is 2.73 bits per heavy atom. The van der Waals surface area contributed by atoms with E-state index in [-0.39, 0.29) is 20.3 Å². The standard InChI is InChI=1S/C5H9FIN2OP/c6-9(7)5-2-1-4(11-10)3-8-5/h4-5,8H,1-3H2. The van der Waals surface area contributed by atoms with Gasteiger partial charge >= 0.3 is 0 Å². The lowest BCUT2D eigenvalue weighted by Gasteiger charge is -2.27. The minimum atomic E-state index is -0.200. The van der Waals surface area contributed by atoms with Crippen molar-refractivity contribution in [3.63, 3.8) is 0 Å². The molecule has 0 aromatic heterocycles. The van der Waals surface area contributed by atoms with Gasteiger partial charge in [0.1, 0.15) is 6.17 Å². The average molecular weight is 290 g/mol. The summed E-state index contributed by atoms with van der Waals surface area (Å²) < 4.78 is 23.5. The highest BCUT2D eigenvalue weighted by atomic mass is 127. The van der Waals surface area contributed by atoms with Crippen LogP contribution in [0.25, 0.3) is 0 Å². The minimum Gasteiger partial charge on any atom is -0.298 e. The Hall–Kier alpha value is 0.680. The van der Waals surface area contributed by atoms with Crippen molar-refractivity contribution < 1.29 is 9.05 Å². The molecule has 64 valence electrons. The average Bonchev–Trinajstić information content (AvgIpc) is 2.05. The molecule has 6 heteroatoms. The van der Waals surface area contributed by atoms with Crippen LogP contribution in [-0.4, -0.2) is 21.7 Å². The molecule has 0 aromatic rings. The second kappa shape index (κ2) is 4.64. The topological polar surface area (TPSA) is 32.3 Å². The van der Waals surface area contributed by atoms with Gasteiger partial charge in [-0.05, 0) is 12.8 Å². The first kappa shape index (κ1) is 9.77. The lowest BCUT2D eigenvalue weighted by atomic mass is 10.1. The molecule has 3 nitrogen and oxygen atoms in total. The molecule has 0 spiro atoms. The van der Waals surface area contributed by atoms with Gasteiger partial charge in [-0.15, -0.1) is 4.48 Å². The van der Waals surface area contributed by atoms with E-state index in [1.165, 1.54) is 0 Å². The number of piperidine rings is 1. The lowest BCUT2D eigenvalue weighted by molar-refractivity contribution is 0.0901. The molecule has 1 rings (SSSR count). The lowest BCUT2D eigenvalue weighted by Crippen LogP contribution is -2.44. The first-order valence-electron chi connectivity index (χ1n) is 3.40. The monoisotopic (exact) mass is 290 g/mol.